The van der Waals surface area contributed by atoms with Gasteiger partial charge in [0.05, 0.1) is 18.6 Å². The molecule has 0 unspecified atom stereocenters. The summed E-state index contributed by atoms with van der Waals surface area (Å²) >= 11 is 0. The van der Waals surface area contributed by atoms with Crippen LogP contribution in [0.15, 0.2) is 55.1 Å². The molecule has 0 aromatic heterocycles. The summed E-state index contributed by atoms with van der Waals surface area (Å²) in [5.41, 5.74) is 1.69. The van der Waals surface area contributed by atoms with Crippen LogP contribution in [0.3, 0.4) is 0 Å². The second-order valence-electron chi connectivity index (χ2n) is 9.05. The maximum Gasteiger partial charge on any atom is 0.316 e. The van der Waals surface area contributed by atoms with Crippen molar-refractivity contribution >= 4 is 17.8 Å². The first-order chi connectivity index (χ1) is 16.2. The lowest BCUT2D eigenvalue weighted by molar-refractivity contribution is -0.143. The van der Waals surface area contributed by atoms with Crippen molar-refractivity contribution < 1.29 is 23.8 Å². The van der Waals surface area contributed by atoms with Gasteiger partial charge >= 0.3 is 5.97 Å². The third kappa shape index (κ3) is 7.91. The van der Waals surface area contributed by atoms with E-state index in [4.69, 9.17) is 14.2 Å². The Morgan fingerprint density at radius 2 is 1.56 bits per heavy atom. The fourth-order valence-electron chi connectivity index (χ4n) is 2.96. The van der Waals surface area contributed by atoms with Crippen LogP contribution >= 0.6 is 0 Å². The standard InChI is InChI=1S/C29H36O5/c1-7-10-22-19-23(27(33-18-9-3)20-26(22)32-17-8-2)13-16-25(30)21-11-14-24(15-12-21)34-28(31)29(4,5)6/h7,11-16,19-20H,1,8-10,17-18H2,2-6H3. The number of ketones is 1. The van der Waals surface area contributed by atoms with Gasteiger partial charge in [-0.05, 0) is 88.1 Å². The number of allylic oxidation sites excluding steroid dienone is 2. The van der Waals surface area contributed by atoms with E-state index in [1.54, 1.807) is 51.1 Å². The van der Waals surface area contributed by atoms with Crippen molar-refractivity contribution in [3.05, 3.63) is 71.8 Å². The first-order valence-corrected chi connectivity index (χ1v) is 11.8. The number of benzene rings is 2. The van der Waals surface area contributed by atoms with Crippen LogP contribution in [0.1, 0.15) is 68.9 Å². The monoisotopic (exact) mass is 464 g/mol. The lowest BCUT2D eigenvalue weighted by Gasteiger charge is -2.16. The number of hydrogen-bond acceptors (Lipinski definition) is 5. The predicted octanol–water partition coefficient (Wildman–Crippen LogP) is 6.84. The highest BCUT2D eigenvalue weighted by Gasteiger charge is 2.23. The SMILES string of the molecule is C=CCc1cc(C=CC(=O)c2ccc(OC(=O)C(C)(C)C)cc2)c(OCCC)cc1OCCC. The molecule has 0 radical (unpaired) electrons. The molecule has 0 saturated carbocycles. The molecule has 0 aliphatic heterocycles. The highest BCUT2D eigenvalue weighted by atomic mass is 16.5. The molecule has 0 aliphatic carbocycles. The van der Waals surface area contributed by atoms with E-state index in [-0.39, 0.29) is 11.8 Å². The summed E-state index contributed by atoms with van der Waals surface area (Å²) in [4.78, 5) is 24.8. The van der Waals surface area contributed by atoms with E-state index in [2.05, 4.69) is 13.5 Å². The molecule has 2 aromatic carbocycles. The van der Waals surface area contributed by atoms with Crippen LogP contribution < -0.4 is 14.2 Å². The zero-order valence-corrected chi connectivity index (χ0v) is 21.0. The van der Waals surface area contributed by atoms with Crippen molar-refractivity contribution in [2.45, 2.75) is 53.9 Å². The molecule has 0 atom stereocenters. The number of carbonyl (C=O) groups excluding carboxylic acids is 2. The van der Waals surface area contributed by atoms with E-state index < -0.39 is 5.41 Å². The number of carbonyl (C=O) groups is 2. The van der Waals surface area contributed by atoms with Gasteiger partial charge in [0, 0.05) is 17.2 Å². The number of hydrogen-bond donors (Lipinski definition) is 0. The molecule has 0 N–H and O–H groups in total. The minimum absolute atomic E-state index is 0.160. The largest absolute Gasteiger partial charge is 0.493 e. The van der Waals surface area contributed by atoms with Gasteiger partial charge < -0.3 is 14.2 Å². The average Bonchev–Trinajstić information content (AvgIpc) is 2.80. The summed E-state index contributed by atoms with van der Waals surface area (Å²) in [6.45, 7) is 14.5. The molecule has 0 fully saturated rings. The van der Waals surface area contributed by atoms with E-state index in [1.165, 1.54) is 6.08 Å². The van der Waals surface area contributed by atoms with Crippen LogP contribution in [-0.2, 0) is 11.2 Å². The molecule has 0 spiro atoms. The average molecular weight is 465 g/mol. The smallest absolute Gasteiger partial charge is 0.316 e. The molecular formula is C29H36O5. The van der Waals surface area contributed by atoms with Gasteiger partial charge in [-0.25, -0.2) is 0 Å². The van der Waals surface area contributed by atoms with Crippen molar-refractivity contribution in [1.82, 2.24) is 0 Å². The van der Waals surface area contributed by atoms with Crippen LogP contribution in [0.5, 0.6) is 17.2 Å². The summed E-state index contributed by atoms with van der Waals surface area (Å²) in [5.74, 6) is 1.37. The molecule has 34 heavy (non-hydrogen) atoms. The highest BCUT2D eigenvalue weighted by Crippen LogP contribution is 2.31. The quantitative estimate of drug-likeness (QED) is 0.113. The fraction of sp³-hybridized carbons (Fsp3) is 0.379. The molecular weight excluding hydrogens is 428 g/mol. The molecule has 2 rings (SSSR count). The third-order valence-electron chi connectivity index (χ3n) is 4.86. The Labute approximate surface area is 203 Å². The third-order valence-corrected chi connectivity index (χ3v) is 4.86. The molecule has 2 aromatic rings. The number of ether oxygens (including phenoxy) is 3. The maximum absolute atomic E-state index is 12.8. The van der Waals surface area contributed by atoms with Gasteiger partial charge in [-0.1, -0.05) is 19.9 Å². The molecule has 0 heterocycles. The van der Waals surface area contributed by atoms with Crippen LogP contribution in [0.2, 0.25) is 0 Å². The van der Waals surface area contributed by atoms with Gasteiger partial charge in [0.2, 0.25) is 0 Å². The maximum atomic E-state index is 12.8. The van der Waals surface area contributed by atoms with Gasteiger partial charge in [-0.3, -0.25) is 9.59 Å². The van der Waals surface area contributed by atoms with Crippen molar-refractivity contribution in [2.24, 2.45) is 5.41 Å². The minimum Gasteiger partial charge on any atom is -0.493 e. The molecule has 0 amide bonds. The Morgan fingerprint density at radius 1 is 0.941 bits per heavy atom. The Hall–Kier alpha value is -3.34. The van der Waals surface area contributed by atoms with E-state index in [0.717, 1.165) is 29.7 Å². The van der Waals surface area contributed by atoms with Crippen LogP contribution in [0, 0.1) is 5.41 Å². The Morgan fingerprint density at radius 3 is 2.12 bits per heavy atom. The first-order valence-electron chi connectivity index (χ1n) is 11.8. The Kier molecular flexibility index (Phi) is 10.1. The van der Waals surface area contributed by atoms with Gasteiger partial charge in [-0.2, -0.15) is 0 Å². The predicted molar refractivity (Wildman–Crippen MR) is 137 cm³/mol. The zero-order valence-electron chi connectivity index (χ0n) is 21.0. The van der Waals surface area contributed by atoms with Crippen molar-refractivity contribution in [2.75, 3.05) is 13.2 Å². The van der Waals surface area contributed by atoms with E-state index >= 15 is 0 Å². The number of rotatable bonds is 12. The van der Waals surface area contributed by atoms with Crippen molar-refractivity contribution in [1.29, 1.82) is 0 Å². The second kappa shape index (κ2) is 12.8. The van der Waals surface area contributed by atoms with Gasteiger partial charge in [0.25, 0.3) is 0 Å². The van der Waals surface area contributed by atoms with Crippen LogP contribution in [0.25, 0.3) is 6.08 Å². The van der Waals surface area contributed by atoms with Crippen molar-refractivity contribution in [3.63, 3.8) is 0 Å². The highest BCUT2D eigenvalue weighted by molar-refractivity contribution is 6.07. The van der Waals surface area contributed by atoms with Gasteiger partial charge in [0.1, 0.15) is 17.2 Å². The lowest BCUT2D eigenvalue weighted by Crippen LogP contribution is -2.25. The summed E-state index contributed by atoms with van der Waals surface area (Å²) < 4.78 is 17.2. The van der Waals surface area contributed by atoms with E-state index in [9.17, 15) is 9.59 Å². The normalized spacial score (nSPS) is 11.3. The second-order valence-corrected chi connectivity index (χ2v) is 9.05. The van der Waals surface area contributed by atoms with Crippen molar-refractivity contribution in [3.8, 4) is 17.2 Å². The summed E-state index contributed by atoms with van der Waals surface area (Å²) in [5, 5.41) is 0. The van der Waals surface area contributed by atoms with Gasteiger partial charge in [0.15, 0.2) is 5.78 Å². The molecule has 5 nitrogen and oxygen atoms in total. The number of esters is 1. The molecule has 0 aliphatic rings. The fourth-order valence-corrected chi connectivity index (χ4v) is 2.96. The van der Waals surface area contributed by atoms with Crippen LogP contribution in [0.4, 0.5) is 0 Å². The molecule has 182 valence electrons. The van der Waals surface area contributed by atoms with E-state index in [0.29, 0.717) is 36.7 Å². The van der Waals surface area contributed by atoms with E-state index in [1.807, 2.05) is 25.1 Å². The Bertz CT molecular complexity index is 1010. The molecule has 0 saturated heterocycles. The lowest BCUT2D eigenvalue weighted by atomic mass is 9.97. The molecule has 0 bridgehead atoms. The summed E-state index contributed by atoms with van der Waals surface area (Å²) in [7, 11) is 0. The topological polar surface area (TPSA) is 61.8 Å². The molecule has 5 heteroatoms. The zero-order chi connectivity index (χ0) is 25.1. The first kappa shape index (κ1) is 26.9. The summed E-state index contributed by atoms with van der Waals surface area (Å²) in [6.07, 6.45) is 7.53. The summed E-state index contributed by atoms with van der Waals surface area (Å²) in [6, 6.07) is 10.4. The van der Waals surface area contributed by atoms with Crippen LogP contribution in [-0.4, -0.2) is 25.0 Å². The Balaban J connectivity index is 2.26. The minimum atomic E-state index is -0.601. The van der Waals surface area contributed by atoms with Gasteiger partial charge in [-0.15, -0.1) is 6.58 Å².